The van der Waals surface area contributed by atoms with Crippen LogP contribution in [-0.4, -0.2) is 4.57 Å². The van der Waals surface area contributed by atoms with Crippen LogP contribution in [0.5, 0.6) is 0 Å². The Morgan fingerprint density at radius 1 is 0.388 bits per heavy atom. The van der Waals surface area contributed by atoms with Crippen molar-refractivity contribution in [2.45, 2.75) is 15.2 Å². The van der Waals surface area contributed by atoms with Gasteiger partial charge >= 0.3 is 0 Å². The van der Waals surface area contributed by atoms with E-state index in [9.17, 15) is 0 Å². The van der Waals surface area contributed by atoms with Gasteiger partial charge < -0.3 is 13.9 Å². The summed E-state index contributed by atoms with van der Waals surface area (Å²) >= 11 is 1.89. The molecule has 0 unspecified atom stereocenters. The van der Waals surface area contributed by atoms with Crippen molar-refractivity contribution in [3.8, 4) is 16.8 Å². The molecule has 11 aromatic carbocycles. The van der Waals surface area contributed by atoms with Crippen LogP contribution in [0.15, 0.2) is 245 Å². The minimum Gasteiger partial charge on any atom is -0.456 e. The first-order valence-electron chi connectivity index (χ1n) is 23.0. The molecule has 0 bridgehead atoms. The minimum atomic E-state index is -0.517. The van der Waals surface area contributed by atoms with E-state index in [0.29, 0.717) is 0 Å². The van der Waals surface area contributed by atoms with E-state index in [0.717, 1.165) is 55.7 Å². The molecule has 1 aliphatic carbocycles. The van der Waals surface area contributed by atoms with Crippen LogP contribution in [0.2, 0.25) is 0 Å². The maximum atomic E-state index is 6.28. The first-order valence-corrected chi connectivity index (χ1v) is 23.8. The molecule has 1 spiro atoms. The predicted octanol–water partition coefficient (Wildman–Crippen LogP) is 17.3. The third kappa shape index (κ3) is 5.03. The van der Waals surface area contributed by atoms with Crippen molar-refractivity contribution in [1.82, 2.24) is 4.57 Å². The van der Waals surface area contributed by atoms with Crippen LogP contribution in [-0.2, 0) is 5.41 Å². The normalized spacial score (nSPS) is 13.4. The molecule has 312 valence electrons. The van der Waals surface area contributed by atoms with Gasteiger partial charge in [0, 0.05) is 53.5 Å². The molecule has 0 fully saturated rings. The van der Waals surface area contributed by atoms with E-state index in [2.05, 4.69) is 228 Å². The third-order valence-electron chi connectivity index (χ3n) is 14.6. The Hall–Kier alpha value is -8.31. The van der Waals surface area contributed by atoms with Gasteiger partial charge in [0.1, 0.15) is 11.2 Å². The second-order valence-electron chi connectivity index (χ2n) is 17.9. The van der Waals surface area contributed by atoms with Gasteiger partial charge in [-0.05, 0) is 117 Å². The fourth-order valence-electron chi connectivity index (χ4n) is 11.9. The number of fused-ring (bicyclic) bond motifs is 15. The van der Waals surface area contributed by atoms with Crippen molar-refractivity contribution in [1.29, 1.82) is 0 Å². The summed E-state index contributed by atoms with van der Waals surface area (Å²) in [5, 5.41) is 9.55. The molecule has 0 saturated carbocycles. The van der Waals surface area contributed by atoms with E-state index < -0.39 is 5.41 Å². The summed E-state index contributed by atoms with van der Waals surface area (Å²) in [4.78, 5) is 5.12. The van der Waals surface area contributed by atoms with E-state index in [1.54, 1.807) is 0 Å². The first kappa shape index (κ1) is 37.0. The van der Waals surface area contributed by atoms with Crippen molar-refractivity contribution in [2.75, 3.05) is 4.90 Å². The summed E-state index contributed by atoms with van der Waals surface area (Å²) < 4.78 is 8.69. The fraction of sp³-hybridized carbons (Fsp3) is 0.0159. The van der Waals surface area contributed by atoms with Crippen molar-refractivity contribution in [2.24, 2.45) is 0 Å². The summed E-state index contributed by atoms with van der Waals surface area (Å²) in [5.41, 5.74) is 15.9. The van der Waals surface area contributed by atoms with Gasteiger partial charge in [-0.15, -0.1) is 0 Å². The molecule has 0 atom stereocenters. The van der Waals surface area contributed by atoms with Crippen LogP contribution < -0.4 is 4.90 Å². The summed E-state index contributed by atoms with van der Waals surface area (Å²) in [7, 11) is 0. The number of anilines is 3. The number of hydrogen-bond acceptors (Lipinski definition) is 3. The molecule has 2 aliphatic rings. The van der Waals surface area contributed by atoms with Gasteiger partial charge in [0.05, 0.1) is 27.8 Å². The number of nitrogens with zero attached hydrogens (tertiary/aromatic N) is 2. The Bertz CT molecular complexity index is 4180. The molecule has 3 heterocycles. The van der Waals surface area contributed by atoms with E-state index >= 15 is 0 Å². The van der Waals surface area contributed by atoms with Crippen LogP contribution in [0.25, 0.3) is 82.1 Å². The Morgan fingerprint density at radius 2 is 1.01 bits per heavy atom. The van der Waals surface area contributed by atoms with E-state index in [4.69, 9.17) is 4.42 Å². The highest BCUT2D eigenvalue weighted by molar-refractivity contribution is 7.99. The third-order valence-corrected chi connectivity index (χ3v) is 15.8. The average Bonchev–Trinajstić information content (AvgIpc) is 3.93. The van der Waals surface area contributed by atoms with Crippen LogP contribution in [0.1, 0.15) is 22.3 Å². The quantitative estimate of drug-likeness (QED) is 0.176. The Kier molecular flexibility index (Phi) is 7.64. The van der Waals surface area contributed by atoms with Gasteiger partial charge in [0.2, 0.25) is 0 Å². The van der Waals surface area contributed by atoms with Crippen molar-refractivity contribution < 1.29 is 4.42 Å². The molecule has 15 rings (SSSR count). The molecule has 67 heavy (non-hydrogen) atoms. The predicted molar refractivity (Wildman–Crippen MR) is 279 cm³/mol. The lowest BCUT2D eigenvalue weighted by Gasteiger charge is -2.46. The minimum absolute atomic E-state index is 0.517. The number of hydrogen-bond donors (Lipinski definition) is 0. The number of furan rings is 1. The first-order chi connectivity index (χ1) is 33.2. The largest absolute Gasteiger partial charge is 0.456 e. The number of aromatic nitrogens is 1. The van der Waals surface area contributed by atoms with Crippen LogP contribution in [0.4, 0.5) is 17.1 Å². The zero-order valence-corrected chi connectivity index (χ0v) is 37.0. The molecule has 3 nitrogen and oxygen atoms in total. The summed E-state index contributed by atoms with van der Waals surface area (Å²) in [6, 6.07) is 85.4. The van der Waals surface area contributed by atoms with Gasteiger partial charge in [-0.2, -0.15) is 0 Å². The lowest BCUT2D eigenvalue weighted by atomic mass is 9.59. The molecule has 0 radical (unpaired) electrons. The second kappa shape index (κ2) is 13.9. The smallest absolute Gasteiger partial charge is 0.135 e. The molecular weight excluding hydrogens is 833 g/mol. The Balaban J connectivity index is 1.02. The maximum Gasteiger partial charge on any atom is 0.135 e. The molecule has 0 N–H and O–H groups in total. The molecule has 1 aliphatic heterocycles. The molecular formula is C63H38N2OS. The second-order valence-corrected chi connectivity index (χ2v) is 19.0. The highest BCUT2D eigenvalue weighted by Crippen LogP contribution is 2.62. The van der Waals surface area contributed by atoms with E-state index in [1.165, 1.54) is 75.5 Å². The fourth-order valence-corrected chi connectivity index (χ4v) is 13.1. The number of benzene rings is 11. The lowest BCUT2D eigenvalue weighted by molar-refractivity contribution is 0.669. The number of rotatable bonds is 4. The van der Waals surface area contributed by atoms with Crippen molar-refractivity contribution in [3.05, 3.63) is 253 Å². The van der Waals surface area contributed by atoms with Gasteiger partial charge in [0.15, 0.2) is 0 Å². The highest BCUT2D eigenvalue weighted by atomic mass is 32.2. The van der Waals surface area contributed by atoms with Crippen LogP contribution >= 0.6 is 11.8 Å². The van der Waals surface area contributed by atoms with Crippen molar-refractivity contribution >= 4 is 94.1 Å². The summed E-state index contributed by atoms with van der Waals surface area (Å²) in [6.07, 6.45) is 0. The molecule has 2 aromatic heterocycles. The molecule has 0 saturated heterocycles. The maximum absolute atomic E-state index is 6.28. The topological polar surface area (TPSA) is 21.3 Å². The summed E-state index contributed by atoms with van der Waals surface area (Å²) in [6.45, 7) is 0. The van der Waals surface area contributed by atoms with E-state index in [-0.39, 0.29) is 0 Å². The van der Waals surface area contributed by atoms with Gasteiger partial charge in [-0.25, -0.2) is 0 Å². The number of para-hydroxylation sites is 2. The zero-order chi connectivity index (χ0) is 43.8. The summed E-state index contributed by atoms with van der Waals surface area (Å²) in [5.74, 6) is 0. The highest BCUT2D eigenvalue weighted by Gasteiger charge is 2.48. The standard InChI is InChI=1S/C63H38N2OS/c1-2-17-42-39(15-1)16-13-27-54(42)64(40-31-34-57-48(37-40)44-19-4-9-26-55(44)65(57)41-32-36-59-49(38-41)45-20-5-10-28-58(45)66-59)56-35-33-46-43-18-3-6-22-50(43)63(53-25-14-21-47(56)62(46)53)51-23-7-11-29-60(51)67-61-30-12-8-24-52(61)63/h1-38H. The van der Waals surface area contributed by atoms with Crippen molar-refractivity contribution in [3.63, 3.8) is 0 Å². The van der Waals surface area contributed by atoms with Crippen LogP contribution in [0.3, 0.4) is 0 Å². The molecule has 0 amide bonds. The monoisotopic (exact) mass is 870 g/mol. The Labute approximate surface area is 390 Å². The van der Waals surface area contributed by atoms with E-state index in [1.807, 2.05) is 23.9 Å². The SMILES string of the molecule is c1ccc2c(c1)Sc1ccccc1C21c2ccccc2-c2ccc(N(c3ccc4c(c3)c3ccccc3n4-c3ccc4oc5ccccc5c4c3)c3cccc4ccccc34)c3cccc1c23. The average molecular weight is 871 g/mol. The zero-order valence-electron chi connectivity index (χ0n) is 36.2. The lowest BCUT2D eigenvalue weighted by Crippen LogP contribution is -2.36. The molecule has 4 heteroatoms. The Morgan fingerprint density at radius 3 is 1.88 bits per heavy atom. The van der Waals surface area contributed by atoms with Crippen LogP contribution in [0, 0.1) is 0 Å². The van der Waals surface area contributed by atoms with Gasteiger partial charge in [-0.1, -0.05) is 169 Å². The molecule has 13 aromatic rings. The van der Waals surface area contributed by atoms with Gasteiger partial charge in [-0.3, -0.25) is 0 Å². The van der Waals surface area contributed by atoms with Gasteiger partial charge in [0.25, 0.3) is 0 Å².